The fourth-order valence-corrected chi connectivity index (χ4v) is 3.83. The summed E-state index contributed by atoms with van der Waals surface area (Å²) in [5.41, 5.74) is 1.11. The SMILES string of the molecule is CC(C)(CC/C=C/C(=O)O)[C@@H](OC(=O)Nc1ccc(C#N)cc1)c1ccc(O)c2ccccc12. The van der Waals surface area contributed by atoms with Crippen LogP contribution in [-0.2, 0) is 9.53 Å². The van der Waals surface area contributed by atoms with Crippen LogP contribution in [0.3, 0.4) is 0 Å². The van der Waals surface area contributed by atoms with E-state index in [4.69, 9.17) is 15.1 Å². The smallest absolute Gasteiger partial charge is 0.412 e. The molecule has 0 heterocycles. The molecule has 7 heteroatoms. The van der Waals surface area contributed by atoms with E-state index >= 15 is 0 Å². The number of carbonyl (C=O) groups excluding carboxylic acids is 1. The minimum atomic E-state index is -1.02. The van der Waals surface area contributed by atoms with Crippen LogP contribution in [0.1, 0.15) is 43.9 Å². The van der Waals surface area contributed by atoms with Crippen molar-refractivity contribution in [3.63, 3.8) is 0 Å². The number of nitrogens with one attached hydrogen (secondary N) is 1. The Labute approximate surface area is 197 Å². The van der Waals surface area contributed by atoms with Crippen LogP contribution >= 0.6 is 0 Å². The Morgan fingerprint density at radius 2 is 1.76 bits per heavy atom. The molecular formula is C27H26N2O5. The number of fused-ring (bicyclic) bond motifs is 1. The van der Waals surface area contributed by atoms with Crippen molar-refractivity contribution in [3.05, 3.63) is 83.9 Å². The van der Waals surface area contributed by atoms with Crippen molar-refractivity contribution in [3.8, 4) is 11.8 Å². The van der Waals surface area contributed by atoms with Crippen LogP contribution in [0, 0.1) is 16.7 Å². The second-order valence-electron chi connectivity index (χ2n) is 8.59. The number of carboxylic acids is 1. The minimum Gasteiger partial charge on any atom is -0.507 e. The second-order valence-corrected chi connectivity index (χ2v) is 8.59. The van der Waals surface area contributed by atoms with Gasteiger partial charge in [0.2, 0.25) is 0 Å². The molecule has 0 fully saturated rings. The van der Waals surface area contributed by atoms with Gasteiger partial charge in [0.15, 0.2) is 0 Å². The number of carboxylic acid groups (broad SMARTS) is 1. The molecule has 0 aliphatic rings. The van der Waals surface area contributed by atoms with E-state index in [2.05, 4.69) is 5.32 Å². The van der Waals surface area contributed by atoms with Gasteiger partial charge in [-0.25, -0.2) is 9.59 Å². The number of hydrogen-bond donors (Lipinski definition) is 3. The number of phenolic OH excluding ortho intramolecular Hbond substituents is 1. The Bertz CT molecular complexity index is 1260. The number of carbonyl (C=O) groups is 2. The molecular weight excluding hydrogens is 432 g/mol. The number of ether oxygens (including phenoxy) is 1. The van der Waals surface area contributed by atoms with Crippen molar-refractivity contribution in [2.24, 2.45) is 5.41 Å². The molecule has 0 spiro atoms. The number of amides is 1. The number of phenols is 1. The third kappa shape index (κ3) is 5.93. The van der Waals surface area contributed by atoms with Crippen molar-refractivity contribution in [2.75, 3.05) is 5.32 Å². The van der Waals surface area contributed by atoms with E-state index < -0.39 is 23.6 Å². The average Bonchev–Trinajstić information content (AvgIpc) is 2.81. The van der Waals surface area contributed by atoms with E-state index in [-0.39, 0.29) is 5.75 Å². The third-order valence-corrected chi connectivity index (χ3v) is 5.63. The predicted molar refractivity (Wildman–Crippen MR) is 129 cm³/mol. The van der Waals surface area contributed by atoms with Gasteiger partial charge in [-0.2, -0.15) is 5.26 Å². The number of hydrogen-bond acceptors (Lipinski definition) is 5. The molecule has 34 heavy (non-hydrogen) atoms. The van der Waals surface area contributed by atoms with Gasteiger partial charge in [-0.3, -0.25) is 5.32 Å². The molecule has 3 rings (SSSR count). The van der Waals surface area contributed by atoms with Gasteiger partial charge in [-0.05, 0) is 48.6 Å². The first-order valence-corrected chi connectivity index (χ1v) is 10.8. The molecule has 0 saturated heterocycles. The summed E-state index contributed by atoms with van der Waals surface area (Å²) in [7, 11) is 0. The summed E-state index contributed by atoms with van der Waals surface area (Å²) in [6, 6.07) is 19.1. The molecule has 1 amide bonds. The number of rotatable bonds is 8. The molecule has 1 atom stereocenters. The number of benzene rings is 3. The summed E-state index contributed by atoms with van der Waals surface area (Å²) < 4.78 is 5.95. The fourth-order valence-electron chi connectivity index (χ4n) is 3.83. The van der Waals surface area contributed by atoms with E-state index in [0.29, 0.717) is 29.5 Å². The molecule has 3 N–H and O–H groups in total. The number of aliphatic carboxylic acids is 1. The highest BCUT2D eigenvalue weighted by Crippen LogP contribution is 2.44. The average molecular weight is 459 g/mol. The molecule has 174 valence electrons. The van der Waals surface area contributed by atoms with Crippen LogP contribution in [0.2, 0.25) is 0 Å². The van der Waals surface area contributed by atoms with E-state index in [9.17, 15) is 14.7 Å². The lowest BCUT2D eigenvalue weighted by Crippen LogP contribution is -2.29. The summed E-state index contributed by atoms with van der Waals surface area (Å²) in [6.45, 7) is 3.89. The van der Waals surface area contributed by atoms with Crippen molar-refractivity contribution >= 4 is 28.5 Å². The molecule has 7 nitrogen and oxygen atoms in total. The number of nitrogens with zero attached hydrogens (tertiary/aromatic N) is 1. The summed E-state index contributed by atoms with van der Waals surface area (Å²) in [5.74, 6) is -0.890. The molecule has 0 unspecified atom stereocenters. The number of nitriles is 1. The Morgan fingerprint density at radius 1 is 1.09 bits per heavy atom. The lowest BCUT2D eigenvalue weighted by atomic mass is 9.77. The van der Waals surface area contributed by atoms with Gasteiger partial charge in [0.1, 0.15) is 11.9 Å². The number of aromatic hydroxyl groups is 1. The maximum atomic E-state index is 12.9. The Balaban J connectivity index is 1.93. The van der Waals surface area contributed by atoms with Gasteiger partial charge in [0, 0.05) is 28.1 Å². The summed E-state index contributed by atoms with van der Waals surface area (Å²) in [4.78, 5) is 23.7. The molecule has 0 aromatic heterocycles. The summed E-state index contributed by atoms with van der Waals surface area (Å²) in [6.07, 6.45) is 2.33. The van der Waals surface area contributed by atoms with Crippen LogP contribution in [0.4, 0.5) is 10.5 Å². The van der Waals surface area contributed by atoms with E-state index in [1.54, 1.807) is 48.5 Å². The predicted octanol–water partition coefficient (Wildman–Crippen LogP) is 6.15. The van der Waals surface area contributed by atoms with Gasteiger partial charge in [-0.1, -0.05) is 50.3 Å². The maximum Gasteiger partial charge on any atom is 0.412 e. The van der Waals surface area contributed by atoms with Crippen LogP contribution in [0.25, 0.3) is 10.8 Å². The third-order valence-electron chi connectivity index (χ3n) is 5.63. The van der Waals surface area contributed by atoms with E-state index in [1.807, 2.05) is 38.1 Å². The Morgan fingerprint density at radius 3 is 2.41 bits per heavy atom. The highest BCUT2D eigenvalue weighted by molar-refractivity contribution is 5.91. The first-order valence-electron chi connectivity index (χ1n) is 10.8. The van der Waals surface area contributed by atoms with Crippen molar-refractivity contribution in [1.82, 2.24) is 0 Å². The molecule has 0 radical (unpaired) electrons. The molecule has 3 aromatic carbocycles. The van der Waals surface area contributed by atoms with Crippen molar-refractivity contribution in [2.45, 2.75) is 32.8 Å². The van der Waals surface area contributed by atoms with Crippen LogP contribution in [-0.4, -0.2) is 22.3 Å². The van der Waals surface area contributed by atoms with Crippen LogP contribution in [0.15, 0.2) is 72.8 Å². The van der Waals surface area contributed by atoms with E-state index in [0.717, 1.165) is 17.0 Å². The fraction of sp³-hybridized carbons (Fsp3) is 0.222. The molecule has 0 aliphatic heterocycles. The first kappa shape index (κ1) is 24.3. The highest BCUT2D eigenvalue weighted by atomic mass is 16.6. The highest BCUT2D eigenvalue weighted by Gasteiger charge is 2.35. The molecule has 0 saturated carbocycles. The van der Waals surface area contributed by atoms with Gasteiger partial charge < -0.3 is 14.9 Å². The van der Waals surface area contributed by atoms with Crippen LogP contribution in [0.5, 0.6) is 5.75 Å². The summed E-state index contributed by atoms with van der Waals surface area (Å²) >= 11 is 0. The summed E-state index contributed by atoms with van der Waals surface area (Å²) in [5, 5.41) is 32.2. The van der Waals surface area contributed by atoms with Crippen molar-refractivity contribution in [1.29, 1.82) is 5.26 Å². The normalized spacial score (nSPS) is 12.3. The Hall–Kier alpha value is -4.31. The largest absolute Gasteiger partial charge is 0.507 e. The quantitative estimate of drug-likeness (QED) is 0.348. The standard InChI is InChI=1S/C27H26N2O5/c1-27(2,16-6-5-9-24(31)32)25(22-14-15-23(30)21-8-4-3-7-20(21)22)34-26(33)29-19-12-10-18(17-28)11-13-19/h3-5,7-15,25,30H,6,16H2,1-2H3,(H,29,33)(H,31,32)/b9-5+/t25-/m0/s1. The number of anilines is 1. The monoisotopic (exact) mass is 458 g/mol. The zero-order chi connectivity index (χ0) is 24.7. The molecule has 3 aromatic rings. The molecule has 0 aliphatic carbocycles. The van der Waals surface area contributed by atoms with Crippen molar-refractivity contribution < 1.29 is 24.5 Å². The van der Waals surface area contributed by atoms with Crippen LogP contribution < -0.4 is 5.32 Å². The van der Waals surface area contributed by atoms with Gasteiger partial charge in [0.05, 0.1) is 11.6 Å². The number of allylic oxidation sites excluding steroid dienone is 1. The Kier molecular flexibility index (Phi) is 7.54. The topological polar surface area (TPSA) is 120 Å². The lowest BCUT2D eigenvalue weighted by Gasteiger charge is -2.35. The first-order chi connectivity index (χ1) is 16.2. The second kappa shape index (κ2) is 10.5. The minimum absolute atomic E-state index is 0.127. The maximum absolute atomic E-state index is 12.9. The van der Waals surface area contributed by atoms with E-state index in [1.165, 1.54) is 0 Å². The van der Waals surface area contributed by atoms with Gasteiger partial charge >= 0.3 is 12.1 Å². The van der Waals surface area contributed by atoms with Gasteiger partial charge in [0.25, 0.3) is 0 Å². The molecule has 0 bridgehead atoms. The lowest BCUT2D eigenvalue weighted by molar-refractivity contribution is -0.131. The zero-order valence-corrected chi connectivity index (χ0v) is 19.0. The zero-order valence-electron chi connectivity index (χ0n) is 19.0. The van der Waals surface area contributed by atoms with Gasteiger partial charge in [-0.15, -0.1) is 0 Å².